The number of aromatic nitrogens is 2. The molecule has 0 fully saturated rings. The first-order valence-corrected chi connectivity index (χ1v) is 5.09. The van der Waals surface area contributed by atoms with Gasteiger partial charge >= 0.3 is 5.97 Å². The highest BCUT2D eigenvalue weighted by Gasteiger charge is 2.28. The van der Waals surface area contributed by atoms with E-state index in [0.717, 1.165) is 5.82 Å². The molecule has 1 rings (SSSR count). The maximum absolute atomic E-state index is 11.0. The molecular formula is C11H18N2O2. The van der Waals surface area contributed by atoms with Crippen LogP contribution in [-0.4, -0.2) is 20.6 Å². The van der Waals surface area contributed by atoms with E-state index >= 15 is 0 Å². The van der Waals surface area contributed by atoms with E-state index in [2.05, 4.69) is 4.98 Å². The molecule has 0 bridgehead atoms. The summed E-state index contributed by atoms with van der Waals surface area (Å²) in [6.07, 6.45) is 3.55. The van der Waals surface area contributed by atoms with Crippen LogP contribution in [0.3, 0.4) is 0 Å². The van der Waals surface area contributed by atoms with E-state index in [1.54, 1.807) is 20.0 Å². The Morgan fingerprint density at radius 2 is 2.20 bits per heavy atom. The summed E-state index contributed by atoms with van der Waals surface area (Å²) in [5, 5.41) is 9.04. The fraction of sp³-hybridized carbons (Fsp3) is 0.636. The van der Waals surface area contributed by atoms with E-state index in [0.29, 0.717) is 12.5 Å². The minimum absolute atomic E-state index is 0.310. The lowest BCUT2D eigenvalue weighted by molar-refractivity contribution is -0.147. The van der Waals surface area contributed by atoms with Gasteiger partial charge in [-0.05, 0) is 13.8 Å². The molecule has 0 saturated heterocycles. The molecule has 0 saturated carbocycles. The lowest BCUT2D eigenvalue weighted by Crippen LogP contribution is -2.29. The van der Waals surface area contributed by atoms with E-state index in [-0.39, 0.29) is 0 Å². The second-order valence-electron chi connectivity index (χ2n) is 4.76. The zero-order valence-electron chi connectivity index (χ0n) is 9.69. The second-order valence-corrected chi connectivity index (χ2v) is 4.76. The molecule has 1 aromatic rings. The quantitative estimate of drug-likeness (QED) is 0.828. The van der Waals surface area contributed by atoms with Crippen LogP contribution in [0.25, 0.3) is 0 Å². The average molecular weight is 210 g/mol. The van der Waals surface area contributed by atoms with Crippen LogP contribution in [0.5, 0.6) is 0 Å². The van der Waals surface area contributed by atoms with Gasteiger partial charge in [-0.1, -0.05) is 13.8 Å². The van der Waals surface area contributed by atoms with E-state index < -0.39 is 11.4 Å². The van der Waals surface area contributed by atoms with Gasteiger partial charge in [-0.2, -0.15) is 0 Å². The lowest BCUT2D eigenvalue weighted by atomic mass is 9.93. The van der Waals surface area contributed by atoms with Gasteiger partial charge < -0.3 is 9.67 Å². The SMILES string of the molecule is CC(C)c1nccn1CC(C)(C)C(=O)O. The summed E-state index contributed by atoms with van der Waals surface area (Å²) in [5.41, 5.74) is -0.760. The number of carboxylic acid groups (broad SMARTS) is 1. The highest BCUT2D eigenvalue weighted by Crippen LogP contribution is 2.21. The lowest BCUT2D eigenvalue weighted by Gasteiger charge is -2.21. The molecule has 0 amide bonds. The van der Waals surface area contributed by atoms with Crippen LogP contribution in [0.1, 0.15) is 39.4 Å². The van der Waals surface area contributed by atoms with Crippen LogP contribution in [0.15, 0.2) is 12.4 Å². The van der Waals surface area contributed by atoms with Crippen molar-refractivity contribution in [1.29, 1.82) is 0 Å². The number of imidazole rings is 1. The molecule has 4 heteroatoms. The number of aliphatic carboxylic acids is 1. The molecule has 0 atom stereocenters. The standard InChI is InChI=1S/C11H18N2O2/c1-8(2)9-12-5-6-13(9)7-11(3,4)10(14)15/h5-6,8H,7H2,1-4H3,(H,14,15). The van der Waals surface area contributed by atoms with Crippen LogP contribution in [0, 0.1) is 5.41 Å². The van der Waals surface area contributed by atoms with E-state index in [4.69, 9.17) is 5.11 Å². The topological polar surface area (TPSA) is 55.1 Å². The van der Waals surface area contributed by atoms with Crippen molar-refractivity contribution >= 4 is 5.97 Å². The fourth-order valence-electron chi connectivity index (χ4n) is 1.45. The Balaban J connectivity index is 2.90. The molecule has 4 nitrogen and oxygen atoms in total. The average Bonchev–Trinajstić information content (AvgIpc) is 2.51. The Hall–Kier alpha value is -1.32. The van der Waals surface area contributed by atoms with Gasteiger partial charge in [0.15, 0.2) is 0 Å². The van der Waals surface area contributed by atoms with Crippen molar-refractivity contribution in [1.82, 2.24) is 9.55 Å². The molecule has 1 N–H and O–H groups in total. The monoisotopic (exact) mass is 210 g/mol. The molecule has 84 valence electrons. The molecule has 0 radical (unpaired) electrons. The predicted octanol–water partition coefficient (Wildman–Crippen LogP) is 2.12. The van der Waals surface area contributed by atoms with Crippen molar-refractivity contribution in [2.75, 3.05) is 0 Å². The Labute approximate surface area is 89.9 Å². The molecule has 0 aliphatic heterocycles. The summed E-state index contributed by atoms with van der Waals surface area (Å²) in [5.74, 6) is 0.458. The summed E-state index contributed by atoms with van der Waals surface area (Å²) < 4.78 is 1.92. The zero-order valence-corrected chi connectivity index (χ0v) is 9.69. The van der Waals surface area contributed by atoms with Crippen LogP contribution in [0.4, 0.5) is 0 Å². The predicted molar refractivity (Wildman–Crippen MR) is 57.7 cm³/mol. The van der Waals surface area contributed by atoms with Gasteiger partial charge in [0.05, 0.1) is 5.41 Å². The zero-order chi connectivity index (χ0) is 11.6. The van der Waals surface area contributed by atoms with Crippen LogP contribution in [-0.2, 0) is 11.3 Å². The highest BCUT2D eigenvalue weighted by atomic mass is 16.4. The Morgan fingerprint density at radius 3 is 2.67 bits per heavy atom. The highest BCUT2D eigenvalue weighted by molar-refractivity contribution is 5.73. The number of carboxylic acids is 1. The van der Waals surface area contributed by atoms with Gasteiger partial charge in [-0.3, -0.25) is 4.79 Å². The first kappa shape index (κ1) is 11.8. The summed E-state index contributed by atoms with van der Waals surface area (Å²) in [4.78, 5) is 15.2. The third-order valence-corrected chi connectivity index (χ3v) is 2.41. The van der Waals surface area contributed by atoms with Crippen LogP contribution < -0.4 is 0 Å². The summed E-state index contributed by atoms with van der Waals surface area (Å²) in [7, 11) is 0. The van der Waals surface area contributed by atoms with E-state index in [1.165, 1.54) is 0 Å². The second kappa shape index (κ2) is 4.04. The van der Waals surface area contributed by atoms with Crippen LogP contribution >= 0.6 is 0 Å². The van der Waals surface area contributed by atoms with Gasteiger partial charge in [-0.15, -0.1) is 0 Å². The van der Waals surface area contributed by atoms with Crippen molar-refractivity contribution in [3.8, 4) is 0 Å². The molecule has 0 unspecified atom stereocenters. The number of rotatable bonds is 4. The Bertz CT molecular complexity index is 353. The molecule has 0 aliphatic rings. The third kappa shape index (κ3) is 2.58. The minimum Gasteiger partial charge on any atom is -0.481 e. The minimum atomic E-state index is -0.786. The normalized spacial score (nSPS) is 12.1. The molecular weight excluding hydrogens is 192 g/mol. The van der Waals surface area contributed by atoms with Gasteiger partial charge in [0, 0.05) is 24.9 Å². The smallest absolute Gasteiger partial charge is 0.310 e. The first-order valence-electron chi connectivity index (χ1n) is 5.09. The third-order valence-electron chi connectivity index (χ3n) is 2.41. The molecule has 0 aliphatic carbocycles. The molecule has 1 heterocycles. The number of hydrogen-bond acceptors (Lipinski definition) is 2. The number of hydrogen-bond donors (Lipinski definition) is 1. The molecule has 0 aromatic carbocycles. The summed E-state index contributed by atoms with van der Waals surface area (Å²) in [6, 6.07) is 0. The fourth-order valence-corrected chi connectivity index (χ4v) is 1.45. The van der Waals surface area contributed by atoms with Crippen molar-refractivity contribution in [3.63, 3.8) is 0 Å². The van der Waals surface area contributed by atoms with Gasteiger partial charge in [0.25, 0.3) is 0 Å². The van der Waals surface area contributed by atoms with Crippen molar-refractivity contribution in [2.45, 2.75) is 40.2 Å². The van der Waals surface area contributed by atoms with E-state index in [1.807, 2.05) is 24.6 Å². The van der Waals surface area contributed by atoms with Gasteiger partial charge in [-0.25, -0.2) is 4.98 Å². The maximum Gasteiger partial charge on any atom is 0.310 e. The molecule has 0 spiro atoms. The summed E-state index contributed by atoms with van der Waals surface area (Å²) >= 11 is 0. The van der Waals surface area contributed by atoms with Crippen molar-refractivity contribution < 1.29 is 9.90 Å². The maximum atomic E-state index is 11.0. The molecule has 15 heavy (non-hydrogen) atoms. The summed E-state index contributed by atoms with van der Waals surface area (Å²) in [6.45, 7) is 7.99. The number of nitrogens with zero attached hydrogens (tertiary/aromatic N) is 2. The van der Waals surface area contributed by atoms with Crippen molar-refractivity contribution in [2.24, 2.45) is 5.41 Å². The number of carbonyl (C=O) groups is 1. The first-order chi connectivity index (χ1) is 6.84. The van der Waals surface area contributed by atoms with E-state index in [9.17, 15) is 4.79 Å². The van der Waals surface area contributed by atoms with Gasteiger partial charge in [0.1, 0.15) is 5.82 Å². The largest absolute Gasteiger partial charge is 0.481 e. The van der Waals surface area contributed by atoms with Crippen LogP contribution in [0.2, 0.25) is 0 Å². The Morgan fingerprint density at radius 1 is 1.60 bits per heavy atom. The van der Waals surface area contributed by atoms with Gasteiger partial charge in [0.2, 0.25) is 0 Å². The van der Waals surface area contributed by atoms with Crippen molar-refractivity contribution in [3.05, 3.63) is 18.2 Å². The molecule has 1 aromatic heterocycles. The Kier molecular flexibility index (Phi) is 3.17.